The van der Waals surface area contributed by atoms with E-state index in [1.165, 1.54) is 29.5 Å². The molecule has 4 nitrogen and oxygen atoms in total. The quantitative estimate of drug-likeness (QED) is 0.200. The maximum absolute atomic E-state index is 13.4. The molecule has 0 bridgehead atoms. The molecule has 0 fully saturated rings. The second kappa shape index (κ2) is 9.03. The van der Waals surface area contributed by atoms with Crippen molar-refractivity contribution in [3.05, 3.63) is 99.7 Å². The third kappa shape index (κ3) is 4.21. The van der Waals surface area contributed by atoms with Crippen LogP contribution in [0.4, 0.5) is 4.39 Å². The SMILES string of the molecule is Cc1cc2oc(=O)cc(CSc3nnc(-c4ccc(F)cc4)c4ccccc34)c2cc1C(C)C. The molecule has 0 radical (unpaired) electrons. The second-order valence-electron chi connectivity index (χ2n) is 8.65. The Balaban J connectivity index is 1.55. The van der Waals surface area contributed by atoms with Gasteiger partial charge in [-0.05, 0) is 65.9 Å². The van der Waals surface area contributed by atoms with Gasteiger partial charge in [-0.25, -0.2) is 9.18 Å². The number of benzene rings is 3. The Kier molecular flexibility index (Phi) is 5.92. The molecule has 5 aromatic rings. The number of fused-ring (bicyclic) bond motifs is 2. The lowest BCUT2D eigenvalue weighted by molar-refractivity contribution is 0.559. The third-order valence-electron chi connectivity index (χ3n) is 5.97. The zero-order valence-corrected chi connectivity index (χ0v) is 19.9. The van der Waals surface area contributed by atoms with Crippen LogP contribution in [0.5, 0.6) is 0 Å². The first-order valence-corrected chi connectivity index (χ1v) is 12.1. The lowest BCUT2D eigenvalue weighted by Gasteiger charge is -2.13. The Labute approximate surface area is 200 Å². The number of thioether (sulfide) groups is 1. The Morgan fingerprint density at radius 3 is 2.41 bits per heavy atom. The number of rotatable bonds is 5. The summed E-state index contributed by atoms with van der Waals surface area (Å²) in [6, 6.07) is 19.9. The molecule has 0 saturated carbocycles. The van der Waals surface area contributed by atoms with E-state index in [-0.39, 0.29) is 11.4 Å². The maximum atomic E-state index is 13.4. The molecule has 0 N–H and O–H groups in total. The predicted molar refractivity (Wildman–Crippen MR) is 136 cm³/mol. The average Bonchev–Trinajstić information content (AvgIpc) is 2.82. The molecule has 5 rings (SSSR count). The summed E-state index contributed by atoms with van der Waals surface area (Å²) in [4.78, 5) is 12.3. The van der Waals surface area contributed by atoms with Gasteiger partial charge in [-0.3, -0.25) is 0 Å². The van der Waals surface area contributed by atoms with Crippen LogP contribution in [-0.2, 0) is 5.75 Å². The molecule has 0 atom stereocenters. The maximum Gasteiger partial charge on any atom is 0.336 e. The van der Waals surface area contributed by atoms with Crippen LogP contribution >= 0.6 is 11.8 Å². The van der Waals surface area contributed by atoms with Gasteiger partial charge in [0.2, 0.25) is 0 Å². The monoisotopic (exact) mass is 470 g/mol. The highest BCUT2D eigenvalue weighted by molar-refractivity contribution is 7.98. The molecule has 0 spiro atoms. The molecule has 0 aliphatic heterocycles. The van der Waals surface area contributed by atoms with Crippen LogP contribution < -0.4 is 5.63 Å². The Bertz CT molecular complexity index is 1580. The molecule has 0 aliphatic rings. The zero-order valence-electron chi connectivity index (χ0n) is 19.1. The van der Waals surface area contributed by atoms with Gasteiger partial charge in [0.25, 0.3) is 0 Å². The van der Waals surface area contributed by atoms with Gasteiger partial charge < -0.3 is 4.42 Å². The Hall–Kier alpha value is -3.51. The molecule has 0 aliphatic carbocycles. The van der Waals surface area contributed by atoms with Crippen LogP contribution in [0.2, 0.25) is 0 Å². The van der Waals surface area contributed by atoms with Crippen LogP contribution in [-0.4, -0.2) is 10.2 Å². The molecule has 2 aromatic heterocycles. The number of hydrogen-bond donors (Lipinski definition) is 0. The molecule has 0 saturated heterocycles. The largest absolute Gasteiger partial charge is 0.423 e. The van der Waals surface area contributed by atoms with Crippen molar-refractivity contribution in [1.29, 1.82) is 0 Å². The van der Waals surface area contributed by atoms with E-state index in [1.807, 2.05) is 37.3 Å². The van der Waals surface area contributed by atoms with Crippen LogP contribution in [0.25, 0.3) is 33.0 Å². The first kappa shape index (κ1) is 22.3. The zero-order chi connectivity index (χ0) is 23.8. The van der Waals surface area contributed by atoms with Gasteiger partial charge in [0.15, 0.2) is 0 Å². The highest BCUT2D eigenvalue weighted by Gasteiger charge is 2.15. The van der Waals surface area contributed by atoms with E-state index in [0.29, 0.717) is 22.9 Å². The van der Waals surface area contributed by atoms with E-state index in [4.69, 9.17) is 4.42 Å². The Morgan fingerprint density at radius 1 is 0.941 bits per heavy atom. The fourth-order valence-electron chi connectivity index (χ4n) is 4.29. The van der Waals surface area contributed by atoms with Gasteiger partial charge in [-0.15, -0.1) is 10.2 Å². The van der Waals surface area contributed by atoms with Crippen molar-refractivity contribution in [1.82, 2.24) is 10.2 Å². The minimum absolute atomic E-state index is 0.288. The summed E-state index contributed by atoms with van der Waals surface area (Å²) in [6.07, 6.45) is 0. The van der Waals surface area contributed by atoms with Gasteiger partial charge in [-0.1, -0.05) is 49.9 Å². The summed E-state index contributed by atoms with van der Waals surface area (Å²) >= 11 is 1.54. The highest BCUT2D eigenvalue weighted by atomic mass is 32.2. The van der Waals surface area contributed by atoms with Crippen molar-refractivity contribution < 1.29 is 8.81 Å². The van der Waals surface area contributed by atoms with E-state index < -0.39 is 0 Å². The Morgan fingerprint density at radius 2 is 1.68 bits per heavy atom. The molecule has 0 unspecified atom stereocenters. The average molecular weight is 471 g/mol. The number of aromatic nitrogens is 2. The van der Waals surface area contributed by atoms with E-state index in [0.717, 1.165) is 37.9 Å². The van der Waals surface area contributed by atoms with Crippen LogP contribution in [0, 0.1) is 12.7 Å². The van der Waals surface area contributed by atoms with Gasteiger partial charge in [-0.2, -0.15) is 0 Å². The molecule has 6 heteroatoms. The normalized spacial score (nSPS) is 11.6. The van der Waals surface area contributed by atoms with Crippen molar-refractivity contribution in [3.8, 4) is 11.3 Å². The molecule has 0 amide bonds. The minimum Gasteiger partial charge on any atom is -0.423 e. The van der Waals surface area contributed by atoms with Crippen LogP contribution in [0.1, 0.15) is 36.5 Å². The summed E-state index contributed by atoms with van der Waals surface area (Å²) in [5, 5.41) is 12.6. The van der Waals surface area contributed by atoms with Crippen molar-refractivity contribution in [2.45, 2.75) is 37.5 Å². The van der Waals surface area contributed by atoms with Gasteiger partial charge >= 0.3 is 5.63 Å². The fourth-order valence-corrected chi connectivity index (χ4v) is 5.25. The molecular formula is C28H23FN2O2S. The molecule has 34 heavy (non-hydrogen) atoms. The fraction of sp³-hybridized carbons (Fsp3) is 0.179. The molecule has 3 aromatic carbocycles. The van der Waals surface area contributed by atoms with E-state index >= 15 is 0 Å². The third-order valence-corrected chi connectivity index (χ3v) is 7.00. The lowest BCUT2D eigenvalue weighted by Crippen LogP contribution is -2.02. The summed E-state index contributed by atoms with van der Waals surface area (Å²) in [6.45, 7) is 6.36. The van der Waals surface area contributed by atoms with Gasteiger partial charge in [0.05, 0.1) is 0 Å². The second-order valence-corrected chi connectivity index (χ2v) is 9.61. The summed E-state index contributed by atoms with van der Waals surface area (Å²) in [7, 11) is 0. The van der Waals surface area contributed by atoms with Crippen molar-refractivity contribution in [2.24, 2.45) is 0 Å². The number of aryl methyl sites for hydroxylation is 1. The lowest BCUT2D eigenvalue weighted by atomic mass is 9.95. The number of hydrogen-bond acceptors (Lipinski definition) is 5. The smallest absolute Gasteiger partial charge is 0.336 e. The van der Waals surface area contributed by atoms with Crippen molar-refractivity contribution >= 4 is 33.5 Å². The van der Waals surface area contributed by atoms with Crippen molar-refractivity contribution in [3.63, 3.8) is 0 Å². The van der Waals surface area contributed by atoms with E-state index in [1.54, 1.807) is 18.2 Å². The van der Waals surface area contributed by atoms with E-state index in [2.05, 4.69) is 30.1 Å². The topological polar surface area (TPSA) is 56.0 Å². The van der Waals surface area contributed by atoms with Crippen LogP contribution in [0.3, 0.4) is 0 Å². The summed E-state index contributed by atoms with van der Waals surface area (Å²) in [5.41, 5.74) is 5.03. The molecular weight excluding hydrogens is 447 g/mol. The van der Waals surface area contributed by atoms with Crippen molar-refractivity contribution in [2.75, 3.05) is 0 Å². The number of halogens is 1. The summed E-state index contributed by atoms with van der Waals surface area (Å²) in [5.74, 6) is 0.631. The molecule has 2 heterocycles. The first-order chi connectivity index (χ1) is 16.4. The van der Waals surface area contributed by atoms with Crippen LogP contribution in [0.15, 0.2) is 81.0 Å². The van der Waals surface area contributed by atoms with Gasteiger partial charge in [0.1, 0.15) is 22.1 Å². The minimum atomic E-state index is -0.359. The molecule has 170 valence electrons. The first-order valence-electron chi connectivity index (χ1n) is 11.1. The highest BCUT2D eigenvalue weighted by Crippen LogP contribution is 2.35. The standard InChI is InChI=1S/C28H23FN2O2S/c1-16(2)23-14-24-19(13-26(32)33-25(24)12-17(23)3)15-34-28-22-7-5-4-6-21(22)27(30-31-28)18-8-10-20(29)11-9-18/h4-14,16H,15H2,1-3H3. The van der Waals surface area contributed by atoms with Gasteiger partial charge in [0, 0.05) is 33.5 Å². The predicted octanol–water partition coefficient (Wildman–Crippen LogP) is 7.27. The van der Waals surface area contributed by atoms with E-state index in [9.17, 15) is 9.18 Å². The number of nitrogens with zero attached hydrogens (tertiary/aromatic N) is 2. The summed E-state index contributed by atoms with van der Waals surface area (Å²) < 4.78 is 18.9.